The normalized spacial score (nSPS) is 16.8. The molecule has 0 saturated carbocycles. The molecule has 0 aliphatic heterocycles. The Balaban J connectivity index is 0.000000291. The molecule has 0 radical (unpaired) electrons. The third-order valence-corrected chi connectivity index (χ3v) is 4.61. The molecule has 0 fully saturated rings. The molecule has 2 aliphatic carbocycles. The van der Waals surface area contributed by atoms with Crippen LogP contribution < -0.4 is 10.6 Å². The number of carboxylic acid groups (broad SMARTS) is 2. The molecule has 0 bridgehead atoms. The standard InChI is InChI=1S/C11H19NO3.C10H17NO3/c1-8(2)15-7-12-10-6-4-3-5-9(10)11(13)14;1-7(2)14-6-11-9-5-3-4-8(9)10(12)13/h8,12H,3-7H2,1-2H3,(H,13,14);7,11H,3-6H2,1-2H3,(H,12,13). The monoisotopic (exact) mass is 412 g/mol. The van der Waals surface area contributed by atoms with Gasteiger partial charge < -0.3 is 30.3 Å². The summed E-state index contributed by atoms with van der Waals surface area (Å²) < 4.78 is 10.6. The maximum atomic E-state index is 10.9. The fraction of sp³-hybridized carbons (Fsp3) is 0.714. The summed E-state index contributed by atoms with van der Waals surface area (Å²) in [4.78, 5) is 21.7. The van der Waals surface area contributed by atoms with Gasteiger partial charge in [0.1, 0.15) is 13.5 Å². The average Bonchev–Trinajstić information content (AvgIpc) is 3.11. The van der Waals surface area contributed by atoms with Crippen molar-refractivity contribution in [3.8, 4) is 0 Å². The summed E-state index contributed by atoms with van der Waals surface area (Å²) in [7, 11) is 0. The summed E-state index contributed by atoms with van der Waals surface area (Å²) in [6.07, 6.45) is 6.25. The first-order valence-electron chi connectivity index (χ1n) is 10.3. The van der Waals surface area contributed by atoms with Gasteiger partial charge in [-0.15, -0.1) is 0 Å². The van der Waals surface area contributed by atoms with E-state index < -0.39 is 11.9 Å². The summed E-state index contributed by atoms with van der Waals surface area (Å²) >= 11 is 0. The molecule has 0 saturated heterocycles. The zero-order valence-electron chi connectivity index (χ0n) is 18.0. The van der Waals surface area contributed by atoms with Crippen LogP contribution in [0.2, 0.25) is 0 Å². The van der Waals surface area contributed by atoms with Gasteiger partial charge >= 0.3 is 11.9 Å². The number of hydrogen-bond donors (Lipinski definition) is 4. The number of carboxylic acids is 2. The van der Waals surface area contributed by atoms with Gasteiger partial charge in [-0.05, 0) is 72.6 Å². The Bertz CT molecular complexity index is 610. The SMILES string of the molecule is CC(C)OCNC1=C(C(=O)O)CCC1.CC(C)OCNC1=C(C(=O)O)CCCC1. The lowest BCUT2D eigenvalue weighted by molar-refractivity contribution is -0.133. The zero-order chi connectivity index (χ0) is 21.8. The zero-order valence-corrected chi connectivity index (χ0v) is 18.0. The quantitative estimate of drug-likeness (QED) is 0.404. The van der Waals surface area contributed by atoms with E-state index in [1.165, 1.54) is 0 Å². The summed E-state index contributed by atoms with van der Waals surface area (Å²) in [5.74, 6) is -1.61. The Morgan fingerprint density at radius 1 is 0.759 bits per heavy atom. The molecule has 0 heterocycles. The first-order valence-corrected chi connectivity index (χ1v) is 10.3. The highest BCUT2D eigenvalue weighted by atomic mass is 16.5. The van der Waals surface area contributed by atoms with Crippen molar-refractivity contribution in [2.75, 3.05) is 13.5 Å². The first kappa shape index (κ1) is 25.0. The fourth-order valence-corrected chi connectivity index (χ4v) is 3.10. The highest BCUT2D eigenvalue weighted by Gasteiger charge is 2.20. The number of ether oxygens (including phenoxy) is 2. The van der Waals surface area contributed by atoms with E-state index in [4.69, 9.17) is 19.7 Å². The lowest BCUT2D eigenvalue weighted by atomic mass is 9.96. The van der Waals surface area contributed by atoms with E-state index in [0.29, 0.717) is 37.4 Å². The van der Waals surface area contributed by atoms with E-state index in [0.717, 1.165) is 43.5 Å². The summed E-state index contributed by atoms with van der Waals surface area (Å²) in [6.45, 7) is 8.59. The average molecular weight is 413 g/mol. The third kappa shape index (κ3) is 9.80. The van der Waals surface area contributed by atoms with E-state index in [1.54, 1.807) is 0 Å². The van der Waals surface area contributed by atoms with Crippen molar-refractivity contribution < 1.29 is 29.3 Å². The molecular weight excluding hydrogens is 376 g/mol. The van der Waals surface area contributed by atoms with Gasteiger partial charge in [-0.1, -0.05) is 0 Å². The Kier molecular flexibility index (Phi) is 11.4. The van der Waals surface area contributed by atoms with E-state index in [1.807, 2.05) is 27.7 Å². The summed E-state index contributed by atoms with van der Waals surface area (Å²) in [5, 5.41) is 23.9. The van der Waals surface area contributed by atoms with Crippen LogP contribution in [0.15, 0.2) is 22.5 Å². The van der Waals surface area contributed by atoms with Crippen molar-refractivity contribution >= 4 is 11.9 Å². The lowest BCUT2D eigenvalue weighted by Gasteiger charge is -2.19. The maximum Gasteiger partial charge on any atom is 0.333 e. The van der Waals surface area contributed by atoms with Gasteiger partial charge in [-0.2, -0.15) is 0 Å². The maximum absolute atomic E-state index is 10.9. The van der Waals surface area contributed by atoms with E-state index >= 15 is 0 Å². The third-order valence-electron chi connectivity index (χ3n) is 4.61. The minimum atomic E-state index is -0.811. The second kappa shape index (κ2) is 13.2. The van der Waals surface area contributed by atoms with E-state index in [9.17, 15) is 9.59 Å². The molecule has 0 aromatic carbocycles. The predicted molar refractivity (Wildman–Crippen MR) is 110 cm³/mol. The lowest BCUT2D eigenvalue weighted by Crippen LogP contribution is -2.25. The Morgan fingerprint density at radius 2 is 1.14 bits per heavy atom. The molecule has 0 amide bonds. The second-order valence-corrected chi connectivity index (χ2v) is 7.66. The Labute approximate surface area is 173 Å². The number of carbonyl (C=O) groups is 2. The molecule has 2 rings (SSSR count). The van der Waals surface area contributed by atoms with Gasteiger partial charge in [0.2, 0.25) is 0 Å². The van der Waals surface area contributed by atoms with Crippen molar-refractivity contribution in [1.29, 1.82) is 0 Å². The van der Waals surface area contributed by atoms with E-state index in [2.05, 4.69) is 10.6 Å². The van der Waals surface area contributed by atoms with E-state index in [-0.39, 0.29) is 12.2 Å². The van der Waals surface area contributed by atoms with Crippen molar-refractivity contribution in [2.45, 2.75) is 84.8 Å². The Hall–Kier alpha value is -2.06. The second-order valence-electron chi connectivity index (χ2n) is 7.66. The first-order chi connectivity index (χ1) is 13.7. The summed E-state index contributed by atoms with van der Waals surface area (Å²) in [5.41, 5.74) is 2.71. The molecule has 0 atom stereocenters. The van der Waals surface area contributed by atoms with Gasteiger partial charge in [0.05, 0.1) is 23.4 Å². The number of hydrogen-bond acceptors (Lipinski definition) is 6. The van der Waals surface area contributed by atoms with Crippen LogP contribution in [0.25, 0.3) is 0 Å². The Morgan fingerprint density at radius 3 is 1.55 bits per heavy atom. The van der Waals surface area contributed by atoms with Crippen LogP contribution in [0.3, 0.4) is 0 Å². The number of aliphatic carboxylic acids is 2. The van der Waals surface area contributed by atoms with Crippen LogP contribution in [0.4, 0.5) is 0 Å². The van der Waals surface area contributed by atoms with Crippen LogP contribution >= 0.6 is 0 Å². The molecule has 0 aromatic rings. The molecule has 166 valence electrons. The van der Waals surface area contributed by atoms with Crippen molar-refractivity contribution in [2.24, 2.45) is 0 Å². The number of rotatable bonds is 10. The van der Waals surface area contributed by atoms with Crippen LogP contribution in [0.1, 0.15) is 72.6 Å². The highest BCUT2D eigenvalue weighted by Crippen LogP contribution is 2.24. The molecule has 0 spiro atoms. The molecular formula is C21H36N2O6. The van der Waals surface area contributed by atoms with Gasteiger partial charge in [-0.25, -0.2) is 9.59 Å². The molecule has 8 nitrogen and oxygen atoms in total. The fourth-order valence-electron chi connectivity index (χ4n) is 3.10. The van der Waals surface area contributed by atoms with Gasteiger partial charge in [0.25, 0.3) is 0 Å². The molecule has 4 N–H and O–H groups in total. The van der Waals surface area contributed by atoms with Crippen molar-refractivity contribution in [3.05, 3.63) is 22.5 Å². The minimum Gasteiger partial charge on any atom is -0.478 e. The van der Waals surface area contributed by atoms with Crippen LogP contribution in [-0.4, -0.2) is 47.8 Å². The predicted octanol–water partition coefficient (Wildman–Crippen LogP) is 3.35. The molecule has 8 heteroatoms. The summed E-state index contributed by atoms with van der Waals surface area (Å²) in [6, 6.07) is 0. The highest BCUT2D eigenvalue weighted by molar-refractivity contribution is 5.88. The molecule has 2 aliphatic rings. The minimum absolute atomic E-state index is 0.162. The van der Waals surface area contributed by atoms with Crippen LogP contribution in [0, 0.1) is 0 Å². The van der Waals surface area contributed by atoms with Crippen LogP contribution in [-0.2, 0) is 19.1 Å². The van der Waals surface area contributed by atoms with Crippen molar-refractivity contribution in [3.63, 3.8) is 0 Å². The molecule has 0 unspecified atom stereocenters. The number of allylic oxidation sites excluding steroid dienone is 2. The van der Waals surface area contributed by atoms with Gasteiger partial charge in [0.15, 0.2) is 0 Å². The topological polar surface area (TPSA) is 117 Å². The van der Waals surface area contributed by atoms with Gasteiger partial charge in [0, 0.05) is 11.4 Å². The molecule has 0 aromatic heterocycles. The smallest absolute Gasteiger partial charge is 0.333 e. The van der Waals surface area contributed by atoms with Gasteiger partial charge in [-0.3, -0.25) is 0 Å². The van der Waals surface area contributed by atoms with Crippen LogP contribution in [0.5, 0.6) is 0 Å². The number of nitrogens with one attached hydrogen (secondary N) is 2. The van der Waals surface area contributed by atoms with Crippen molar-refractivity contribution in [1.82, 2.24) is 10.6 Å². The largest absolute Gasteiger partial charge is 0.478 e. The molecule has 29 heavy (non-hydrogen) atoms.